The van der Waals surface area contributed by atoms with Gasteiger partial charge in [0, 0.05) is 11.1 Å². The molecule has 0 fully saturated rings. The lowest BCUT2D eigenvalue weighted by atomic mass is 10.1. The van der Waals surface area contributed by atoms with Crippen molar-refractivity contribution < 1.29 is 4.92 Å². The first kappa shape index (κ1) is 16.5. The molecule has 0 aromatic heterocycles. The molecule has 0 heterocycles. The number of halogens is 2. The fraction of sp³-hybridized carbons (Fsp3) is 0.0714. The Morgan fingerprint density at radius 1 is 1.18 bits per heavy atom. The van der Waals surface area contributed by atoms with Crippen LogP contribution < -0.4 is 10.6 Å². The van der Waals surface area contributed by atoms with Crippen molar-refractivity contribution in [2.75, 3.05) is 10.6 Å². The van der Waals surface area contributed by atoms with Crippen LogP contribution in [-0.2, 0) is 0 Å². The number of rotatable bonds is 3. The zero-order valence-electron chi connectivity index (χ0n) is 11.4. The average molecular weight is 356 g/mol. The largest absolute Gasteiger partial charge is 0.332 e. The van der Waals surface area contributed by atoms with Crippen LogP contribution in [0.3, 0.4) is 0 Å². The normalized spacial score (nSPS) is 10.1. The molecule has 0 atom stereocenters. The summed E-state index contributed by atoms with van der Waals surface area (Å²) in [5.74, 6) is 0. The van der Waals surface area contributed by atoms with Crippen molar-refractivity contribution in [2.24, 2.45) is 0 Å². The second-order valence-corrected chi connectivity index (χ2v) is 5.66. The molecule has 5 nitrogen and oxygen atoms in total. The van der Waals surface area contributed by atoms with Crippen LogP contribution >= 0.6 is 35.4 Å². The minimum absolute atomic E-state index is 0.0253. The maximum Gasteiger partial charge on any atom is 0.274 e. The zero-order valence-corrected chi connectivity index (χ0v) is 13.7. The molecule has 0 unspecified atom stereocenters. The third-order valence-corrected chi connectivity index (χ3v) is 3.68. The second-order valence-electron chi connectivity index (χ2n) is 4.41. The molecule has 2 aromatic carbocycles. The molecule has 8 heteroatoms. The number of nitro benzene ring substituents is 1. The van der Waals surface area contributed by atoms with Gasteiger partial charge in [0.25, 0.3) is 5.69 Å². The Morgan fingerprint density at radius 3 is 2.50 bits per heavy atom. The van der Waals surface area contributed by atoms with Gasteiger partial charge >= 0.3 is 0 Å². The van der Waals surface area contributed by atoms with Gasteiger partial charge in [-0.25, -0.2) is 0 Å². The highest BCUT2D eigenvalue weighted by molar-refractivity contribution is 7.80. The van der Waals surface area contributed by atoms with E-state index in [1.807, 2.05) is 0 Å². The molecule has 0 amide bonds. The van der Waals surface area contributed by atoms with Crippen LogP contribution in [0.1, 0.15) is 5.56 Å². The molecule has 114 valence electrons. The molecule has 0 bridgehead atoms. The first-order chi connectivity index (χ1) is 10.4. The molecule has 2 rings (SSSR count). The molecular weight excluding hydrogens is 345 g/mol. The Bertz CT molecular complexity index is 753. The quantitative estimate of drug-likeness (QED) is 0.459. The highest BCUT2D eigenvalue weighted by Crippen LogP contribution is 2.27. The fourth-order valence-electron chi connectivity index (χ4n) is 1.82. The summed E-state index contributed by atoms with van der Waals surface area (Å²) in [7, 11) is 0. The highest BCUT2D eigenvalue weighted by Gasteiger charge is 2.14. The lowest BCUT2D eigenvalue weighted by Crippen LogP contribution is -2.20. The van der Waals surface area contributed by atoms with Crippen LogP contribution in [0, 0.1) is 17.0 Å². The van der Waals surface area contributed by atoms with Gasteiger partial charge in [-0.2, -0.15) is 0 Å². The monoisotopic (exact) mass is 355 g/mol. The van der Waals surface area contributed by atoms with E-state index in [1.165, 1.54) is 6.07 Å². The predicted octanol–water partition coefficient (Wildman–Crippen LogP) is 5.02. The van der Waals surface area contributed by atoms with Crippen LogP contribution in [0.4, 0.5) is 17.1 Å². The Kier molecular flexibility index (Phi) is 5.18. The molecule has 0 aliphatic rings. The smallest absolute Gasteiger partial charge is 0.274 e. The van der Waals surface area contributed by atoms with E-state index >= 15 is 0 Å². The Hall–Kier alpha value is -1.89. The van der Waals surface area contributed by atoms with Crippen LogP contribution in [0.25, 0.3) is 0 Å². The third-order valence-electron chi connectivity index (χ3n) is 2.93. The van der Waals surface area contributed by atoms with E-state index in [4.69, 9.17) is 35.4 Å². The van der Waals surface area contributed by atoms with E-state index in [0.717, 1.165) is 0 Å². The summed E-state index contributed by atoms with van der Waals surface area (Å²) in [6.07, 6.45) is 0. The number of hydrogen-bond acceptors (Lipinski definition) is 3. The first-order valence-electron chi connectivity index (χ1n) is 6.15. The summed E-state index contributed by atoms with van der Waals surface area (Å²) in [5, 5.41) is 18.0. The van der Waals surface area contributed by atoms with Crippen LogP contribution in [0.15, 0.2) is 36.4 Å². The zero-order chi connectivity index (χ0) is 16.3. The number of nitrogens with one attached hydrogen (secondary N) is 2. The minimum atomic E-state index is -0.437. The number of benzene rings is 2. The van der Waals surface area contributed by atoms with E-state index in [0.29, 0.717) is 27.0 Å². The summed E-state index contributed by atoms with van der Waals surface area (Å²) in [4.78, 5) is 10.5. The SMILES string of the molecule is Cc1c(NC(=S)Nc2ccc(Cl)cc2Cl)cccc1[N+](=O)[O-]. The molecule has 0 radical (unpaired) electrons. The summed E-state index contributed by atoms with van der Waals surface area (Å²) < 4.78 is 0. The van der Waals surface area contributed by atoms with Crippen molar-refractivity contribution in [1.29, 1.82) is 0 Å². The van der Waals surface area contributed by atoms with Gasteiger partial charge in [-0.3, -0.25) is 10.1 Å². The second kappa shape index (κ2) is 6.91. The molecule has 0 aliphatic carbocycles. The van der Waals surface area contributed by atoms with Crippen molar-refractivity contribution in [1.82, 2.24) is 0 Å². The Labute approximate surface area is 142 Å². The Balaban J connectivity index is 2.16. The molecule has 0 saturated heterocycles. The fourth-order valence-corrected chi connectivity index (χ4v) is 2.50. The number of anilines is 2. The lowest BCUT2D eigenvalue weighted by Gasteiger charge is -2.13. The van der Waals surface area contributed by atoms with Crippen molar-refractivity contribution in [3.63, 3.8) is 0 Å². The maximum atomic E-state index is 10.9. The summed E-state index contributed by atoms with van der Waals surface area (Å²) in [5.41, 5.74) is 1.67. The van der Waals surface area contributed by atoms with E-state index in [1.54, 1.807) is 37.3 Å². The van der Waals surface area contributed by atoms with Gasteiger partial charge in [-0.15, -0.1) is 0 Å². The molecule has 22 heavy (non-hydrogen) atoms. The predicted molar refractivity (Wildman–Crippen MR) is 94.1 cm³/mol. The summed E-state index contributed by atoms with van der Waals surface area (Å²) in [6, 6.07) is 9.70. The molecule has 2 N–H and O–H groups in total. The highest BCUT2D eigenvalue weighted by atomic mass is 35.5. The Morgan fingerprint density at radius 2 is 1.86 bits per heavy atom. The van der Waals surface area contributed by atoms with Gasteiger partial charge in [-0.1, -0.05) is 29.3 Å². The number of nitrogens with zero attached hydrogens (tertiary/aromatic N) is 1. The van der Waals surface area contributed by atoms with Gasteiger partial charge in [0.1, 0.15) is 0 Å². The average Bonchev–Trinajstić information content (AvgIpc) is 2.44. The van der Waals surface area contributed by atoms with Crippen molar-refractivity contribution in [3.05, 3.63) is 62.1 Å². The molecule has 0 saturated carbocycles. The summed E-state index contributed by atoms with van der Waals surface area (Å²) in [6.45, 7) is 1.65. The van der Waals surface area contributed by atoms with Gasteiger partial charge in [0.2, 0.25) is 0 Å². The van der Waals surface area contributed by atoms with Crippen molar-refractivity contribution in [2.45, 2.75) is 6.92 Å². The van der Waals surface area contributed by atoms with Crippen LogP contribution in [0.5, 0.6) is 0 Å². The molecular formula is C14H11Cl2N3O2S. The van der Waals surface area contributed by atoms with E-state index in [-0.39, 0.29) is 10.8 Å². The minimum Gasteiger partial charge on any atom is -0.332 e. The lowest BCUT2D eigenvalue weighted by molar-refractivity contribution is -0.385. The molecule has 2 aromatic rings. The maximum absolute atomic E-state index is 10.9. The van der Waals surface area contributed by atoms with Crippen LogP contribution in [0.2, 0.25) is 10.0 Å². The first-order valence-corrected chi connectivity index (χ1v) is 7.32. The van der Waals surface area contributed by atoms with E-state index < -0.39 is 4.92 Å². The summed E-state index contributed by atoms with van der Waals surface area (Å²) >= 11 is 17.1. The van der Waals surface area contributed by atoms with Crippen molar-refractivity contribution in [3.8, 4) is 0 Å². The number of hydrogen-bond donors (Lipinski definition) is 2. The van der Waals surface area contributed by atoms with Crippen molar-refractivity contribution >= 4 is 57.6 Å². The van der Waals surface area contributed by atoms with Crippen LogP contribution in [-0.4, -0.2) is 10.0 Å². The van der Waals surface area contributed by atoms with E-state index in [9.17, 15) is 10.1 Å². The van der Waals surface area contributed by atoms with E-state index in [2.05, 4.69) is 10.6 Å². The number of thiocarbonyl (C=S) groups is 1. The number of nitro groups is 1. The van der Waals surface area contributed by atoms with Gasteiger partial charge in [0.15, 0.2) is 5.11 Å². The molecule has 0 aliphatic heterocycles. The van der Waals surface area contributed by atoms with Gasteiger partial charge in [0.05, 0.1) is 26.9 Å². The third kappa shape index (κ3) is 3.85. The standard InChI is InChI=1S/C14H11Cl2N3O2S/c1-8-11(3-2-4-13(8)19(20)21)17-14(22)18-12-6-5-9(15)7-10(12)16/h2-7H,1H3,(H2,17,18,22). The topological polar surface area (TPSA) is 67.2 Å². The molecule has 0 spiro atoms. The van der Waals surface area contributed by atoms with Gasteiger partial charge < -0.3 is 10.6 Å². The van der Waals surface area contributed by atoms with Gasteiger partial charge in [-0.05, 0) is 43.4 Å².